The molecule has 9 nitrogen and oxygen atoms in total. The summed E-state index contributed by atoms with van der Waals surface area (Å²) in [6.45, 7) is 1.97. The molecule has 0 saturated carbocycles. The number of hydrogen-bond acceptors (Lipinski definition) is 5. The first kappa shape index (κ1) is 17.8. The number of carbonyl (C=O) groups excluding carboxylic acids is 1. The minimum absolute atomic E-state index is 0.0820. The Labute approximate surface area is 171 Å². The van der Waals surface area contributed by atoms with E-state index in [4.69, 9.17) is 0 Å². The lowest BCUT2D eigenvalue weighted by Gasteiger charge is -2.09. The fraction of sp³-hybridized carbons (Fsp3) is 0.0952. The van der Waals surface area contributed by atoms with Gasteiger partial charge in [0.25, 0.3) is 0 Å². The average Bonchev–Trinajstić information content (AvgIpc) is 3.48. The van der Waals surface area contributed by atoms with E-state index in [0.29, 0.717) is 11.5 Å². The van der Waals surface area contributed by atoms with Crippen molar-refractivity contribution in [1.82, 2.24) is 34.7 Å². The van der Waals surface area contributed by atoms with E-state index < -0.39 is 0 Å². The van der Waals surface area contributed by atoms with Crippen molar-refractivity contribution in [3.05, 3.63) is 72.9 Å². The summed E-state index contributed by atoms with van der Waals surface area (Å²) in [4.78, 5) is 16.9. The number of carbonyl (C=O) groups is 1. The summed E-state index contributed by atoms with van der Waals surface area (Å²) in [5.74, 6) is 0.426. The van der Waals surface area contributed by atoms with Crippen LogP contribution in [0.25, 0.3) is 27.8 Å². The number of pyridine rings is 1. The van der Waals surface area contributed by atoms with Crippen molar-refractivity contribution in [2.24, 2.45) is 0 Å². The van der Waals surface area contributed by atoms with Gasteiger partial charge in [0.15, 0.2) is 5.65 Å². The fourth-order valence-electron chi connectivity index (χ4n) is 3.38. The van der Waals surface area contributed by atoms with Gasteiger partial charge in [-0.25, -0.2) is 9.67 Å². The van der Waals surface area contributed by atoms with Crippen molar-refractivity contribution in [2.75, 3.05) is 5.32 Å². The summed E-state index contributed by atoms with van der Waals surface area (Å²) in [5, 5.41) is 19.5. The first-order chi connectivity index (χ1) is 14.7. The Balaban J connectivity index is 1.35. The quantitative estimate of drug-likeness (QED) is 0.473. The van der Waals surface area contributed by atoms with Crippen molar-refractivity contribution in [1.29, 1.82) is 0 Å². The van der Waals surface area contributed by atoms with E-state index in [1.165, 1.54) is 0 Å². The molecule has 148 valence electrons. The third-order valence-corrected chi connectivity index (χ3v) is 4.70. The topological polar surface area (TPSA) is 106 Å². The van der Waals surface area contributed by atoms with Crippen LogP contribution in [0.2, 0.25) is 0 Å². The van der Waals surface area contributed by atoms with E-state index in [-0.39, 0.29) is 12.5 Å². The molecule has 0 aliphatic carbocycles. The molecule has 5 rings (SSSR count). The molecule has 0 saturated heterocycles. The van der Waals surface area contributed by atoms with Gasteiger partial charge in [0, 0.05) is 29.4 Å². The van der Waals surface area contributed by atoms with E-state index >= 15 is 0 Å². The number of amides is 1. The van der Waals surface area contributed by atoms with Crippen molar-refractivity contribution in [3.8, 4) is 16.8 Å². The number of hydrogen-bond donors (Lipinski definition) is 2. The standard InChI is InChI=1S/C21H18N8O/c1-14-9-19(29(27-14)16-5-3-2-4-6-16)25-20(30)13-28-12-15(10-24-28)17-7-8-22-21-18(17)11-23-26-21/h2-12H,13H2,1H3,(H,25,30)(H,22,23,26). The number of benzene rings is 1. The summed E-state index contributed by atoms with van der Waals surface area (Å²) in [6, 6.07) is 13.4. The Morgan fingerprint density at radius 3 is 2.90 bits per heavy atom. The minimum atomic E-state index is -0.190. The molecule has 0 fully saturated rings. The number of nitrogens with zero attached hydrogens (tertiary/aromatic N) is 6. The first-order valence-corrected chi connectivity index (χ1v) is 9.40. The Morgan fingerprint density at radius 1 is 1.17 bits per heavy atom. The van der Waals surface area contributed by atoms with Crippen LogP contribution in [0.1, 0.15) is 5.69 Å². The van der Waals surface area contributed by atoms with Gasteiger partial charge in [0.1, 0.15) is 12.4 Å². The highest BCUT2D eigenvalue weighted by molar-refractivity contribution is 5.92. The van der Waals surface area contributed by atoms with Crippen LogP contribution in [-0.4, -0.2) is 40.6 Å². The largest absolute Gasteiger partial charge is 0.309 e. The molecule has 0 atom stereocenters. The molecule has 5 aromatic rings. The van der Waals surface area contributed by atoms with Crippen LogP contribution in [0, 0.1) is 6.92 Å². The zero-order chi connectivity index (χ0) is 20.5. The molecule has 30 heavy (non-hydrogen) atoms. The van der Waals surface area contributed by atoms with E-state index in [2.05, 4.69) is 30.7 Å². The second-order valence-corrected chi connectivity index (χ2v) is 6.88. The lowest BCUT2D eigenvalue weighted by Crippen LogP contribution is -2.20. The van der Waals surface area contributed by atoms with Crippen LogP contribution in [-0.2, 0) is 11.3 Å². The molecule has 0 spiro atoms. The number of nitrogens with one attached hydrogen (secondary N) is 2. The zero-order valence-corrected chi connectivity index (χ0v) is 16.1. The SMILES string of the molecule is Cc1cc(NC(=O)Cn2cc(-c3ccnc4[nH]ncc34)cn2)n(-c2ccccc2)n1. The van der Waals surface area contributed by atoms with Crippen LogP contribution in [0.15, 0.2) is 67.3 Å². The summed E-state index contributed by atoms with van der Waals surface area (Å²) in [7, 11) is 0. The molecule has 1 amide bonds. The third kappa shape index (κ3) is 3.32. The van der Waals surface area contributed by atoms with Gasteiger partial charge in [-0.2, -0.15) is 15.3 Å². The van der Waals surface area contributed by atoms with Crippen LogP contribution < -0.4 is 5.32 Å². The number of aryl methyl sites for hydroxylation is 1. The van der Waals surface area contributed by atoms with Crippen molar-refractivity contribution in [2.45, 2.75) is 13.5 Å². The lowest BCUT2D eigenvalue weighted by atomic mass is 10.1. The molecule has 0 bridgehead atoms. The zero-order valence-electron chi connectivity index (χ0n) is 16.1. The Morgan fingerprint density at radius 2 is 2.03 bits per heavy atom. The Hall–Kier alpha value is -4.27. The molecular formula is C21H18N8O. The number of anilines is 1. The maximum absolute atomic E-state index is 12.7. The number of fused-ring (bicyclic) bond motifs is 1. The molecule has 4 heterocycles. The van der Waals surface area contributed by atoms with Gasteiger partial charge in [-0.1, -0.05) is 18.2 Å². The Bertz CT molecular complexity index is 1330. The van der Waals surface area contributed by atoms with Gasteiger partial charge in [0.05, 0.1) is 23.8 Å². The summed E-state index contributed by atoms with van der Waals surface area (Å²) >= 11 is 0. The van der Waals surface area contributed by atoms with Crippen LogP contribution in [0.3, 0.4) is 0 Å². The van der Waals surface area contributed by atoms with Crippen LogP contribution >= 0.6 is 0 Å². The number of rotatable bonds is 5. The minimum Gasteiger partial charge on any atom is -0.309 e. The average molecular weight is 398 g/mol. The third-order valence-electron chi connectivity index (χ3n) is 4.70. The van der Waals surface area contributed by atoms with E-state index in [1.54, 1.807) is 28.0 Å². The smallest absolute Gasteiger partial charge is 0.247 e. The first-order valence-electron chi connectivity index (χ1n) is 9.40. The molecular weight excluding hydrogens is 380 g/mol. The van der Waals surface area contributed by atoms with E-state index in [1.807, 2.05) is 55.6 Å². The fourth-order valence-corrected chi connectivity index (χ4v) is 3.38. The van der Waals surface area contributed by atoms with Crippen LogP contribution in [0.4, 0.5) is 5.82 Å². The van der Waals surface area contributed by atoms with E-state index in [0.717, 1.165) is 27.9 Å². The maximum Gasteiger partial charge on any atom is 0.247 e. The van der Waals surface area contributed by atoms with E-state index in [9.17, 15) is 4.79 Å². The molecule has 0 radical (unpaired) electrons. The highest BCUT2D eigenvalue weighted by Gasteiger charge is 2.13. The van der Waals surface area contributed by atoms with Gasteiger partial charge in [-0.05, 0) is 30.7 Å². The molecule has 2 N–H and O–H groups in total. The van der Waals surface area contributed by atoms with Gasteiger partial charge >= 0.3 is 0 Å². The van der Waals surface area contributed by atoms with Crippen molar-refractivity contribution >= 4 is 22.8 Å². The number of H-pyrrole nitrogens is 1. The van der Waals surface area contributed by atoms with Gasteiger partial charge in [-0.3, -0.25) is 14.6 Å². The molecule has 1 aromatic carbocycles. The van der Waals surface area contributed by atoms with Crippen molar-refractivity contribution in [3.63, 3.8) is 0 Å². The summed E-state index contributed by atoms with van der Waals surface area (Å²) < 4.78 is 3.32. The van der Waals surface area contributed by atoms with Gasteiger partial charge in [0.2, 0.25) is 5.91 Å². The number of aromatic nitrogens is 7. The predicted octanol–water partition coefficient (Wildman–Crippen LogP) is 2.95. The molecule has 0 aliphatic rings. The summed E-state index contributed by atoms with van der Waals surface area (Å²) in [5.41, 5.74) is 4.25. The van der Waals surface area contributed by atoms with Crippen molar-refractivity contribution < 1.29 is 4.79 Å². The highest BCUT2D eigenvalue weighted by Crippen LogP contribution is 2.25. The molecule has 4 aromatic heterocycles. The van der Waals surface area contributed by atoms with Gasteiger partial charge in [-0.15, -0.1) is 0 Å². The molecule has 0 aliphatic heterocycles. The molecule has 9 heteroatoms. The maximum atomic E-state index is 12.7. The second-order valence-electron chi connectivity index (χ2n) is 6.88. The Kier molecular flexibility index (Phi) is 4.32. The molecule has 0 unspecified atom stereocenters. The summed E-state index contributed by atoms with van der Waals surface area (Å²) in [6.07, 6.45) is 7.01. The van der Waals surface area contributed by atoms with Crippen LogP contribution in [0.5, 0.6) is 0 Å². The number of aromatic amines is 1. The lowest BCUT2D eigenvalue weighted by molar-refractivity contribution is -0.116. The van der Waals surface area contributed by atoms with Gasteiger partial charge < -0.3 is 5.32 Å². The number of para-hydroxylation sites is 1. The monoisotopic (exact) mass is 398 g/mol. The normalized spacial score (nSPS) is 11.1. The second kappa shape index (κ2) is 7.28. The highest BCUT2D eigenvalue weighted by atomic mass is 16.2. The predicted molar refractivity (Wildman–Crippen MR) is 112 cm³/mol.